The first-order valence-corrected chi connectivity index (χ1v) is 7.66. The number of halogens is 2. The minimum absolute atomic E-state index is 0.161. The lowest BCUT2D eigenvalue weighted by molar-refractivity contribution is 0.632. The van der Waals surface area contributed by atoms with E-state index in [1.807, 2.05) is 24.3 Å². The minimum atomic E-state index is -0.400. The Bertz CT molecular complexity index is 852. The van der Waals surface area contributed by atoms with Crippen LogP contribution in [0.4, 0.5) is 10.1 Å². The Labute approximate surface area is 129 Å². The van der Waals surface area contributed by atoms with E-state index in [1.54, 1.807) is 6.07 Å². The maximum atomic E-state index is 13.8. The van der Waals surface area contributed by atoms with Crippen molar-refractivity contribution >= 4 is 32.7 Å². The van der Waals surface area contributed by atoms with Gasteiger partial charge in [0.15, 0.2) is 0 Å². The molecule has 3 nitrogen and oxygen atoms in total. The number of fused-ring (bicyclic) bond motifs is 1. The van der Waals surface area contributed by atoms with E-state index in [0.717, 1.165) is 34.2 Å². The summed E-state index contributed by atoms with van der Waals surface area (Å²) in [6, 6.07) is 11.3. The number of nitrogen functional groups attached to an aromatic ring is 1. The van der Waals surface area contributed by atoms with Crippen molar-refractivity contribution in [3.63, 3.8) is 0 Å². The van der Waals surface area contributed by atoms with E-state index < -0.39 is 5.82 Å². The molecule has 2 N–H and O–H groups in total. The Balaban J connectivity index is 2.03. The van der Waals surface area contributed by atoms with E-state index in [9.17, 15) is 4.39 Å². The fourth-order valence-corrected chi connectivity index (χ4v) is 3.05. The molecule has 0 radical (unpaired) electrons. The molecular weight excluding hydrogens is 333 g/mol. The third kappa shape index (κ3) is 2.03. The second-order valence-electron chi connectivity index (χ2n) is 5.37. The van der Waals surface area contributed by atoms with Gasteiger partial charge in [0.25, 0.3) is 0 Å². The molecule has 1 fully saturated rings. The number of benzene rings is 2. The highest BCUT2D eigenvalue weighted by Crippen LogP contribution is 2.42. The number of aromatic nitrogens is 2. The Kier molecular flexibility index (Phi) is 2.79. The summed E-state index contributed by atoms with van der Waals surface area (Å²) in [5.41, 5.74) is 8.71. The maximum absolute atomic E-state index is 13.8. The smallest absolute Gasteiger partial charge is 0.146 e. The molecule has 3 aromatic rings. The highest BCUT2D eigenvalue weighted by molar-refractivity contribution is 9.10. The van der Waals surface area contributed by atoms with Crippen LogP contribution in [0.1, 0.15) is 18.9 Å². The van der Waals surface area contributed by atoms with Crippen molar-refractivity contribution in [2.45, 2.75) is 18.9 Å². The van der Waals surface area contributed by atoms with Crippen molar-refractivity contribution in [3.05, 3.63) is 46.7 Å². The van der Waals surface area contributed by atoms with Gasteiger partial charge in [0.05, 0.1) is 16.7 Å². The van der Waals surface area contributed by atoms with Crippen LogP contribution >= 0.6 is 15.9 Å². The maximum Gasteiger partial charge on any atom is 0.146 e. The highest BCUT2D eigenvalue weighted by atomic mass is 79.9. The van der Waals surface area contributed by atoms with Crippen molar-refractivity contribution in [1.29, 1.82) is 0 Å². The third-order valence-electron chi connectivity index (χ3n) is 3.86. The van der Waals surface area contributed by atoms with Crippen LogP contribution in [0.5, 0.6) is 0 Å². The van der Waals surface area contributed by atoms with Crippen molar-refractivity contribution in [2.24, 2.45) is 0 Å². The molecule has 106 valence electrons. The zero-order valence-corrected chi connectivity index (χ0v) is 12.8. The molecule has 0 atom stereocenters. The quantitative estimate of drug-likeness (QED) is 0.693. The fraction of sp³-hybridized carbons (Fsp3) is 0.188. The van der Waals surface area contributed by atoms with Gasteiger partial charge in [-0.3, -0.25) is 0 Å². The van der Waals surface area contributed by atoms with E-state index in [-0.39, 0.29) is 5.69 Å². The molecule has 0 saturated heterocycles. The third-order valence-corrected chi connectivity index (χ3v) is 4.35. The normalized spacial score (nSPS) is 14.8. The second kappa shape index (κ2) is 4.56. The number of anilines is 1. The molecule has 0 bridgehead atoms. The van der Waals surface area contributed by atoms with Gasteiger partial charge < -0.3 is 10.3 Å². The summed E-state index contributed by atoms with van der Waals surface area (Å²) in [5, 5.41) is 0. The molecule has 5 heteroatoms. The predicted octanol–water partition coefficient (Wildman–Crippen LogP) is 4.52. The fourth-order valence-electron chi connectivity index (χ4n) is 2.70. The molecule has 0 aliphatic heterocycles. The van der Waals surface area contributed by atoms with Gasteiger partial charge in [0.2, 0.25) is 0 Å². The van der Waals surface area contributed by atoms with Crippen LogP contribution in [0.3, 0.4) is 0 Å². The molecule has 0 amide bonds. The first-order chi connectivity index (χ1) is 10.1. The lowest BCUT2D eigenvalue weighted by atomic mass is 10.1. The summed E-state index contributed by atoms with van der Waals surface area (Å²) in [6.07, 6.45) is 2.26. The second-order valence-corrected chi connectivity index (χ2v) is 6.29. The molecular formula is C16H13BrFN3. The number of rotatable bonds is 2. The van der Waals surface area contributed by atoms with Crippen LogP contribution in [0.25, 0.3) is 22.4 Å². The van der Waals surface area contributed by atoms with E-state index in [4.69, 9.17) is 10.7 Å². The Morgan fingerprint density at radius 2 is 2.05 bits per heavy atom. The van der Waals surface area contributed by atoms with Gasteiger partial charge in [-0.1, -0.05) is 22.0 Å². The SMILES string of the molecule is Nc1c(F)cccc1-c1nc2cc(Br)ccc2n1C1CC1. The topological polar surface area (TPSA) is 43.8 Å². The minimum Gasteiger partial charge on any atom is -0.396 e. The van der Waals surface area contributed by atoms with Gasteiger partial charge in [-0.05, 0) is 43.2 Å². The summed E-state index contributed by atoms with van der Waals surface area (Å²) in [7, 11) is 0. The van der Waals surface area contributed by atoms with Gasteiger partial charge in [-0.15, -0.1) is 0 Å². The number of imidazole rings is 1. The van der Waals surface area contributed by atoms with Crippen LogP contribution in [-0.2, 0) is 0 Å². The summed E-state index contributed by atoms with van der Waals surface area (Å²) >= 11 is 3.47. The lowest BCUT2D eigenvalue weighted by Gasteiger charge is -2.10. The molecule has 0 spiro atoms. The summed E-state index contributed by atoms with van der Waals surface area (Å²) in [4.78, 5) is 4.69. The Morgan fingerprint density at radius 1 is 1.24 bits per heavy atom. The van der Waals surface area contributed by atoms with Crippen LogP contribution in [-0.4, -0.2) is 9.55 Å². The molecule has 21 heavy (non-hydrogen) atoms. The zero-order valence-electron chi connectivity index (χ0n) is 11.2. The molecule has 2 aromatic carbocycles. The summed E-state index contributed by atoms with van der Waals surface area (Å²) in [5.74, 6) is 0.352. The molecule has 1 aliphatic rings. The largest absolute Gasteiger partial charge is 0.396 e. The van der Waals surface area contributed by atoms with Crippen molar-refractivity contribution in [2.75, 3.05) is 5.73 Å². The van der Waals surface area contributed by atoms with E-state index >= 15 is 0 Å². The Morgan fingerprint density at radius 3 is 2.81 bits per heavy atom. The number of hydrogen-bond acceptors (Lipinski definition) is 2. The highest BCUT2D eigenvalue weighted by Gasteiger charge is 2.29. The number of para-hydroxylation sites is 1. The number of nitrogens with two attached hydrogens (primary N) is 1. The standard InChI is InChI=1S/C16H13BrFN3/c17-9-4-7-14-13(8-9)20-16(21(14)10-5-6-10)11-2-1-3-12(18)15(11)19/h1-4,7-8,10H,5-6,19H2. The van der Waals surface area contributed by atoms with Gasteiger partial charge in [-0.2, -0.15) is 0 Å². The molecule has 1 aromatic heterocycles. The average Bonchev–Trinajstić information content (AvgIpc) is 3.23. The first kappa shape index (κ1) is 12.8. The van der Waals surface area contributed by atoms with Gasteiger partial charge in [0.1, 0.15) is 11.6 Å². The molecule has 1 heterocycles. The van der Waals surface area contributed by atoms with E-state index in [2.05, 4.69) is 20.5 Å². The van der Waals surface area contributed by atoms with Crippen molar-refractivity contribution in [1.82, 2.24) is 9.55 Å². The average molecular weight is 346 g/mol. The molecule has 4 rings (SSSR count). The zero-order chi connectivity index (χ0) is 14.6. The van der Waals surface area contributed by atoms with Crippen LogP contribution < -0.4 is 5.73 Å². The molecule has 1 aliphatic carbocycles. The van der Waals surface area contributed by atoms with E-state index in [1.165, 1.54) is 6.07 Å². The van der Waals surface area contributed by atoms with Crippen LogP contribution in [0, 0.1) is 5.82 Å². The summed E-state index contributed by atoms with van der Waals surface area (Å²) in [6.45, 7) is 0. The van der Waals surface area contributed by atoms with E-state index in [0.29, 0.717) is 11.6 Å². The van der Waals surface area contributed by atoms with Gasteiger partial charge in [-0.25, -0.2) is 9.37 Å². The number of hydrogen-bond donors (Lipinski definition) is 1. The van der Waals surface area contributed by atoms with Crippen LogP contribution in [0.2, 0.25) is 0 Å². The van der Waals surface area contributed by atoms with Gasteiger partial charge >= 0.3 is 0 Å². The van der Waals surface area contributed by atoms with Crippen molar-refractivity contribution < 1.29 is 4.39 Å². The van der Waals surface area contributed by atoms with Crippen molar-refractivity contribution in [3.8, 4) is 11.4 Å². The van der Waals surface area contributed by atoms with Gasteiger partial charge in [0, 0.05) is 16.1 Å². The lowest BCUT2D eigenvalue weighted by Crippen LogP contribution is -2.01. The molecule has 0 unspecified atom stereocenters. The first-order valence-electron chi connectivity index (χ1n) is 6.87. The Hall–Kier alpha value is -1.88. The molecule has 1 saturated carbocycles. The predicted molar refractivity (Wildman–Crippen MR) is 85.5 cm³/mol. The monoisotopic (exact) mass is 345 g/mol. The van der Waals surface area contributed by atoms with Crippen LogP contribution in [0.15, 0.2) is 40.9 Å². The number of nitrogens with zero attached hydrogens (tertiary/aromatic N) is 2. The summed E-state index contributed by atoms with van der Waals surface area (Å²) < 4.78 is 16.9.